The topological polar surface area (TPSA) is 35.2 Å². The standard InChI is InChI=1S/C13H23NO/c1-10-4-2-5-11(8-10)13(14)12-6-3-7-15-9-12/h9-11,13H,2-8,14H2,1H3. The minimum absolute atomic E-state index is 0.257. The summed E-state index contributed by atoms with van der Waals surface area (Å²) in [6.45, 7) is 3.22. The molecule has 1 saturated carbocycles. The summed E-state index contributed by atoms with van der Waals surface area (Å²) in [5.41, 5.74) is 7.68. The number of hydrogen-bond acceptors (Lipinski definition) is 2. The fourth-order valence-corrected chi connectivity index (χ4v) is 2.94. The van der Waals surface area contributed by atoms with Crippen LogP contribution in [0.1, 0.15) is 45.4 Å². The molecular weight excluding hydrogens is 186 g/mol. The Morgan fingerprint density at radius 2 is 2.27 bits per heavy atom. The third-order valence-corrected chi connectivity index (χ3v) is 3.88. The van der Waals surface area contributed by atoms with Crippen LogP contribution in [0.4, 0.5) is 0 Å². The molecule has 2 rings (SSSR count). The molecule has 1 fully saturated rings. The molecule has 3 unspecified atom stereocenters. The van der Waals surface area contributed by atoms with E-state index >= 15 is 0 Å². The fourth-order valence-electron chi connectivity index (χ4n) is 2.94. The monoisotopic (exact) mass is 209 g/mol. The highest BCUT2D eigenvalue weighted by atomic mass is 16.5. The van der Waals surface area contributed by atoms with Gasteiger partial charge in [-0.05, 0) is 43.1 Å². The Morgan fingerprint density at radius 3 is 2.93 bits per heavy atom. The molecule has 2 nitrogen and oxygen atoms in total. The zero-order valence-corrected chi connectivity index (χ0v) is 9.74. The highest BCUT2D eigenvalue weighted by molar-refractivity contribution is 5.11. The van der Waals surface area contributed by atoms with Crippen molar-refractivity contribution in [2.45, 2.75) is 51.5 Å². The van der Waals surface area contributed by atoms with E-state index < -0.39 is 0 Å². The van der Waals surface area contributed by atoms with Crippen LogP contribution in [0.15, 0.2) is 11.8 Å². The van der Waals surface area contributed by atoms with Crippen LogP contribution in [-0.4, -0.2) is 12.6 Å². The van der Waals surface area contributed by atoms with E-state index in [9.17, 15) is 0 Å². The lowest BCUT2D eigenvalue weighted by Gasteiger charge is -2.33. The van der Waals surface area contributed by atoms with Crippen LogP contribution in [0.25, 0.3) is 0 Å². The predicted molar refractivity (Wildman–Crippen MR) is 62.4 cm³/mol. The molecule has 0 bridgehead atoms. The first kappa shape index (κ1) is 11.0. The summed E-state index contributed by atoms with van der Waals surface area (Å²) in [5, 5.41) is 0. The summed E-state index contributed by atoms with van der Waals surface area (Å²) < 4.78 is 5.38. The van der Waals surface area contributed by atoms with E-state index in [4.69, 9.17) is 10.5 Å². The molecule has 0 spiro atoms. The van der Waals surface area contributed by atoms with Gasteiger partial charge in [0.2, 0.25) is 0 Å². The van der Waals surface area contributed by atoms with E-state index in [0.29, 0.717) is 5.92 Å². The van der Waals surface area contributed by atoms with Crippen molar-refractivity contribution in [1.29, 1.82) is 0 Å². The zero-order valence-electron chi connectivity index (χ0n) is 9.74. The van der Waals surface area contributed by atoms with Crippen molar-refractivity contribution < 1.29 is 4.74 Å². The molecule has 2 N–H and O–H groups in total. The molecule has 1 heterocycles. The number of ether oxygens (including phenoxy) is 1. The van der Waals surface area contributed by atoms with Gasteiger partial charge in [-0.2, -0.15) is 0 Å². The Bertz CT molecular complexity index is 237. The smallest absolute Gasteiger partial charge is 0.0876 e. The molecule has 0 saturated heterocycles. The van der Waals surface area contributed by atoms with Crippen LogP contribution < -0.4 is 5.73 Å². The molecule has 1 aliphatic heterocycles. The normalized spacial score (nSPS) is 34.1. The van der Waals surface area contributed by atoms with Gasteiger partial charge in [-0.15, -0.1) is 0 Å². The molecule has 0 aromatic heterocycles. The second-order valence-corrected chi connectivity index (χ2v) is 5.22. The average Bonchev–Trinajstić information content (AvgIpc) is 2.29. The first-order chi connectivity index (χ1) is 7.27. The maximum Gasteiger partial charge on any atom is 0.0876 e. The van der Waals surface area contributed by atoms with Crippen molar-refractivity contribution in [3.05, 3.63) is 11.8 Å². The minimum atomic E-state index is 0.257. The van der Waals surface area contributed by atoms with E-state index in [-0.39, 0.29) is 6.04 Å². The predicted octanol–water partition coefficient (Wildman–Crippen LogP) is 2.83. The third-order valence-electron chi connectivity index (χ3n) is 3.88. The maximum absolute atomic E-state index is 6.34. The van der Waals surface area contributed by atoms with Gasteiger partial charge >= 0.3 is 0 Å². The summed E-state index contributed by atoms with van der Waals surface area (Å²) in [4.78, 5) is 0. The van der Waals surface area contributed by atoms with Crippen molar-refractivity contribution in [3.8, 4) is 0 Å². The lowest BCUT2D eigenvalue weighted by molar-refractivity contribution is 0.206. The summed E-state index contributed by atoms with van der Waals surface area (Å²) in [7, 11) is 0. The largest absolute Gasteiger partial charge is 0.501 e. The van der Waals surface area contributed by atoms with Crippen molar-refractivity contribution in [3.63, 3.8) is 0 Å². The summed E-state index contributed by atoms with van der Waals surface area (Å²) in [6, 6.07) is 0.257. The Hall–Kier alpha value is -0.500. The first-order valence-corrected chi connectivity index (χ1v) is 6.33. The Labute approximate surface area is 92.9 Å². The Morgan fingerprint density at radius 1 is 1.40 bits per heavy atom. The molecule has 2 aliphatic rings. The summed E-state index contributed by atoms with van der Waals surface area (Å²) in [5.74, 6) is 1.56. The van der Waals surface area contributed by atoms with Crippen LogP contribution in [0.5, 0.6) is 0 Å². The fraction of sp³-hybridized carbons (Fsp3) is 0.846. The van der Waals surface area contributed by atoms with Gasteiger partial charge in [-0.3, -0.25) is 0 Å². The first-order valence-electron chi connectivity index (χ1n) is 6.33. The van der Waals surface area contributed by atoms with Gasteiger partial charge in [0.25, 0.3) is 0 Å². The van der Waals surface area contributed by atoms with Crippen LogP contribution in [0, 0.1) is 11.8 Å². The highest BCUT2D eigenvalue weighted by Gasteiger charge is 2.27. The molecule has 1 aliphatic carbocycles. The Balaban J connectivity index is 1.93. The molecule has 0 radical (unpaired) electrons. The number of rotatable bonds is 2. The van der Waals surface area contributed by atoms with Gasteiger partial charge in [0.15, 0.2) is 0 Å². The third kappa shape index (κ3) is 2.75. The van der Waals surface area contributed by atoms with Crippen molar-refractivity contribution >= 4 is 0 Å². The molecule has 86 valence electrons. The molecule has 0 aromatic carbocycles. The van der Waals surface area contributed by atoms with Crippen molar-refractivity contribution in [2.75, 3.05) is 6.61 Å². The van der Waals surface area contributed by atoms with Crippen LogP contribution in [0.2, 0.25) is 0 Å². The summed E-state index contributed by atoms with van der Waals surface area (Å²) >= 11 is 0. The van der Waals surface area contributed by atoms with E-state index in [0.717, 1.165) is 25.4 Å². The second-order valence-electron chi connectivity index (χ2n) is 5.22. The maximum atomic E-state index is 6.34. The van der Waals surface area contributed by atoms with E-state index in [1.165, 1.54) is 31.3 Å². The molecular formula is C13H23NO. The van der Waals surface area contributed by atoms with E-state index in [2.05, 4.69) is 6.92 Å². The van der Waals surface area contributed by atoms with Crippen LogP contribution in [-0.2, 0) is 4.74 Å². The van der Waals surface area contributed by atoms with Crippen molar-refractivity contribution in [1.82, 2.24) is 0 Å². The second kappa shape index (κ2) is 5.02. The van der Waals surface area contributed by atoms with E-state index in [1.807, 2.05) is 6.26 Å². The molecule has 2 heteroatoms. The Kier molecular flexibility index (Phi) is 3.68. The average molecular weight is 209 g/mol. The van der Waals surface area contributed by atoms with Crippen LogP contribution >= 0.6 is 0 Å². The number of nitrogens with two attached hydrogens (primary N) is 1. The van der Waals surface area contributed by atoms with Gasteiger partial charge in [0.1, 0.15) is 0 Å². The minimum Gasteiger partial charge on any atom is -0.501 e. The molecule has 0 amide bonds. The lowest BCUT2D eigenvalue weighted by atomic mass is 9.76. The van der Waals surface area contributed by atoms with Gasteiger partial charge in [0.05, 0.1) is 12.9 Å². The highest BCUT2D eigenvalue weighted by Crippen LogP contribution is 2.33. The number of hydrogen-bond donors (Lipinski definition) is 1. The SMILES string of the molecule is CC1CCCC(C(N)C2=COCCC2)C1. The van der Waals surface area contributed by atoms with Gasteiger partial charge < -0.3 is 10.5 Å². The van der Waals surface area contributed by atoms with Gasteiger partial charge in [-0.25, -0.2) is 0 Å². The van der Waals surface area contributed by atoms with Gasteiger partial charge in [-0.1, -0.05) is 19.8 Å². The zero-order chi connectivity index (χ0) is 10.7. The van der Waals surface area contributed by atoms with Crippen LogP contribution in [0.3, 0.4) is 0 Å². The molecule has 0 aromatic rings. The molecule has 15 heavy (non-hydrogen) atoms. The molecule has 3 atom stereocenters. The summed E-state index contributed by atoms with van der Waals surface area (Å²) in [6.07, 6.45) is 9.56. The van der Waals surface area contributed by atoms with Crippen molar-refractivity contribution in [2.24, 2.45) is 17.6 Å². The lowest BCUT2D eigenvalue weighted by Crippen LogP contribution is -2.35. The van der Waals surface area contributed by atoms with Gasteiger partial charge in [0, 0.05) is 6.04 Å². The quantitative estimate of drug-likeness (QED) is 0.759. The van der Waals surface area contributed by atoms with E-state index in [1.54, 1.807) is 0 Å².